The number of unbranched alkanes of at least 4 members (excludes halogenated alkanes) is 10. The van der Waals surface area contributed by atoms with E-state index in [1.807, 2.05) is 19.1 Å². The van der Waals surface area contributed by atoms with Gasteiger partial charge in [-0.2, -0.15) is 5.10 Å². The van der Waals surface area contributed by atoms with Crippen LogP contribution in [0.1, 0.15) is 105 Å². The van der Waals surface area contributed by atoms with E-state index < -0.39 is 5.97 Å². The molecule has 0 saturated carbocycles. The Bertz CT molecular complexity index is 959. The average molecular weight is 544 g/mol. The summed E-state index contributed by atoms with van der Waals surface area (Å²) in [5.74, 6) is -0.167. The third kappa shape index (κ3) is 12.2. The van der Waals surface area contributed by atoms with Crippen LogP contribution in [0, 0.1) is 6.92 Å². The van der Waals surface area contributed by atoms with Crippen molar-refractivity contribution >= 4 is 34.0 Å². The van der Waals surface area contributed by atoms with Crippen LogP contribution in [-0.2, 0) is 4.79 Å². The topological polar surface area (TPSA) is 67.8 Å². The van der Waals surface area contributed by atoms with Crippen LogP contribution < -0.4 is 10.2 Å². The van der Waals surface area contributed by atoms with Gasteiger partial charge in [-0.3, -0.25) is 4.79 Å². The SMILES string of the molecule is CCCCCCCCCCCCCC(=O)NN=Cc1cc(Br)ccc1OC(=O)c1cccc(C)c1. The van der Waals surface area contributed by atoms with Gasteiger partial charge < -0.3 is 4.74 Å². The Morgan fingerprint density at radius 3 is 2.23 bits per heavy atom. The molecule has 6 heteroatoms. The predicted octanol–water partition coefficient (Wildman–Crippen LogP) is 8.13. The van der Waals surface area contributed by atoms with E-state index in [0.29, 0.717) is 23.3 Å². The summed E-state index contributed by atoms with van der Waals surface area (Å²) in [5, 5.41) is 4.07. The standard InChI is InChI=1S/C29H39BrN2O3/c1-3-4-5-6-7-8-9-10-11-12-13-17-28(33)32-31-22-25-21-26(30)18-19-27(25)35-29(34)24-16-14-15-23(2)20-24/h14-16,18-22H,3-13,17H2,1-2H3,(H,32,33). The van der Waals surface area contributed by atoms with E-state index in [4.69, 9.17) is 4.74 Å². The van der Waals surface area contributed by atoms with Crippen LogP contribution in [0.5, 0.6) is 5.75 Å². The molecule has 0 aliphatic heterocycles. The molecule has 0 heterocycles. The number of rotatable bonds is 16. The van der Waals surface area contributed by atoms with Crippen molar-refractivity contribution in [3.63, 3.8) is 0 Å². The fourth-order valence-corrected chi connectivity index (χ4v) is 4.20. The van der Waals surface area contributed by atoms with Gasteiger partial charge in [0.2, 0.25) is 5.91 Å². The summed E-state index contributed by atoms with van der Waals surface area (Å²) < 4.78 is 6.40. The Morgan fingerprint density at radius 1 is 0.914 bits per heavy atom. The molecule has 0 bridgehead atoms. The van der Waals surface area contributed by atoms with E-state index in [2.05, 4.69) is 33.4 Å². The third-order valence-corrected chi connectivity index (χ3v) is 6.32. The molecule has 0 aliphatic rings. The minimum atomic E-state index is -0.439. The van der Waals surface area contributed by atoms with Crippen LogP contribution in [-0.4, -0.2) is 18.1 Å². The van der Waals surface area contributed by atoms with Crippen molar-refractivity contribution in [3.8, 4) is 5.75 Å². The highest BCUT2D eigenvalue weighted by Gasteiger charge is 2.12. The lowest BCUT2D eigenvalue weighted by Crippen LogP contribution is -2.17. The van der Waals surface area contributed by atoms with Crippen molar-refractivity contribution < 1.29 is 14.3 Å². The van der Waals surface area contributed by atoms with E-state index in [0.717, 1.165) is 22.9 Å². The van der Waals surface area contributed by atoms with Crippen molar-refractivity contribution in [3.05, 3.63) is 63.6 Å². The Morgan fingerprint density at radius 2 is 1.57 bits per heavy atom. The van der Waals surface area contributed by atoms with E-state index in [1.165, 1.54) is 64.0 Å². The Labute approximate surface area is 218 Å². The van der Waals surface area contributed by atoms with Gasteiger partial charge in [-0.05, 0) is 43.7 Å². The van der Waals surface area contributed by atoms with Crippen LogP contribution in [0.15, 0.2) is 52.0 Å². The Kier molecular flexibility index (Phi) is 14.0. The summed E-state index contributed by atoms with van der Waals surface area (Å²) in [7, 11) is 0. The molecule has 1 amide bonds. The number of hydrogen-bond donors (Lipinski definition) is 1. The molecule has 0 fully saturated rings. The van der Waals surface area contributed by atoms with E-state index in [9.17, 15) is 9.59 Å². The zero-order chi connectivity index (χ0) is 25.3. The highest BCUT2D eigenvalue weighted by molar-refractivity contribution is 9.10. The first-order valence-corrected chi connectivity index (χ1v) is 13.7. The second-order valence-corrected chi connectivity index (χ2v) is 9.94. The van der Waals surface area contributed by atoms with Crippen LogP contribution >= 0.6 is 15.9 Å². The second-order valence-electron chi connectivity index (χ2n) is 9.02. The molecule has 35 heavy (non-hydrogen) atoms. The largest absolute Gasteiger partial charge is 0.422 e. The quantitative estimate of drug-likeness (QED) is 0.0764. The first kappa shape index (κ1) is 28.8. The van der Waals surface area contributed by atoms with Crippen molar-refractivity contribution in [2.24, 2.45) is 5.10 Å². The number of nitrogens with zero attached hydrogens (tertiary/aromatic N) is 1. The minimum absolute atomic E-state index is 0.106. The lowest BCUT2D eigenvalue weighted by Gasteiger charge is -2.08. The molecule has 0 radical (unpaired) electrons. The van der Waals surface area contributed by atoms with Gasteiger partial charge in [-0.1, -0.05) is 105 Å². The molecular weight excluding hydrogens is 504 g/mol. The van der Waals surface area contributed by atoms with Crippen molar-refractivity contribution in [2.45, 2.75) is 90.9 Å². The van der Waals surface area contributed by atoms with Gasteiger partial charge in [0.25, 0.3) is 0 Å². The fourth-order valence-electron chi connectivity index (χ4n) is 3.82. The number of hydrogen-bond acceptors (Lipinski definition) is 4. The van der Waals surface area contributed by atoms with Crippen molar-refractivity contribution in [2.75, 3.05) is 0 Å². The molecular formula is C29H39BrN2O3. The smallest absolute Gasteiger partial charge is 0.343 e. The first-order valence-electron chi connectivity index (χ1n) is 12.9. The molecule has 2 rings (SSSR count). The number of ether oxygens (including phenoxy) is 1. The highest BCUT2D eigenvalue weighted by Crippen LogP contribution is 2.23. The number of aryl methyl sites for hydroxylation is 1. The molecule has 0 aliphatic carbocycles. The van der Waals surface area contributed by atoms with Crippen LogP contribution in [0.2, 0.25) is 0 Å². The number of hydrazone groups is 1. The number of amides is 1. The lowest BCUT2D eigenvalue weighted by atomic mass is 10.1. The molecule has 2 aromatic carbocycles. The number of carbonyl (C=O) groups is 2. The summed E-state index contributed by atoms with van der Waals surface area (Å²) >= 11 is 3.43. The summed E-state index contributed by atoms with van der Waals surface area (Å²) in [4.78, 5) is 24.6. The molecule has 0 unspecified atom stereocenters. The van der Waals surface area contributed by atoms with E-state index in [-0.39, 0.29) is 5.91 Å². The highest BCUT2D eigenvalue weighted by atomic mass is 79.9. The maximum Gasteiger partial charge on any atom is 0.343 e. The number of esters is 1. The first-order chi connectivity index (χ1) is 17.0. The predicted molar refractivity (Wildman–Crippen MR) is 147 cm³/mol. The van der Waals surface area contributed by atoms with Crippen molar-refractivity contribution in [1.82, 2.24) is 5.43 Å². The zero-order valence-corrected chi connectivity index (χ0v) is 22.7. The summed E-state index contributed by atoms with van der Waals surface area (Å²) in [5.41, 5.74) is 4.64. The maximum atomic E-state index is 12.5. The number of benzene rings is 2. The van der Waals surface area contributed by atoms with Gasteiger partial charge in [-0.25, -0.2) is 10.2 Å². The van der Waals surface area contributed by atoms with Gasteiger partial charge in [-0.15, -0.1) is 0 Å². The van der Waals surface area contributed by atoms with Gasteiger partial charge in [0.1, 0.15) is 5.75 Å². The van der Waals surface area contributed by atoms with E-state index >= 15 is 0 Å². The van der Waals surface area contributed by atoms with E-state index in [1.54, 1.807) is 30.3 Å². The summed E-state index contributed by atoms with van der Waals surface area (Å²) in [6, 6.07) is 12.5. The van der Waals surface area contributed by atoms with Crippen molar-refractivity contribution in [1.29, 1.82) is 0 Å². The molecule has 2 aromatic rings. The normalized spacial score (nSPS) is 11.1. The van der Waals surface area contributed by atoms with Gasteiger partial charge in [0.15, 0.2) is 0 Å². The van der Waals surface area contributed by atoms with Gasteiger partial charge >= 0.3 is 5.97 Å². The Balaban J connectivity index is 1.70. The fraction of sp³-hybridized carbons (Fsp3) is 0.483. The number of halogens is 1. The monoisotopic (exact) mass is 542 g/mol. The Hall–Kier alpha value is -2.47. The molecule has 5 nitrogen and oxygen atoms in total. The third-order valence-electron chi connectivity index (χ3n) is 5.83. The lowest BCUT2D eigenvalue weighted by molar-refractivity contribution is -0.121. The molecule has 0 saturated heterocycles. The average Bonchev–Trinajstić information content (AvgIpc) is 2.84. The summed E-state index contributed by atoms with van der Waals surface area (Å²) in [6.45, 7) is 4.17. The molecule has 0 spiro atoms. The van der Waals surface area contributed by atoms with Crippen LogP contribution in [0.3, 0.4) is 0 Å². The summed E-state index contributed by atoms with van der Waals surface area (Å²) in [6.07, 6.45) is 15.7. The van der Waals surface area contributed by atoms with Gasteiger partial charge in [0, 0.05) is 16.5 Å². The second kappa shape index (κ2) is 17.0. The number of carbonyl (C=O) groups excluding carboxylic acids is 2. The molecule has 1 N–H and O–H groups in total. The molecule has 190 valence electrons. The van der Waals surface area contributed by atoms with Gasteiger partial charge in [0.05, 0.1) is 11.8 Å². The van der Waals surface area contributed by atoms with Crippen LogP contribution in [0.25, 0.3) is 0 Å². The van der Waals surface area contributed by atoms with Crippen LogP contribution in [0.4, 0.5) is 0 Å². The maximum absolute atomic E-state index is 12.5. The molecule has 0 atom stereocenters. The minimum Gasteiger partial charge on any atom is -0.422 e. The molecule has 0 aromatic heterocycles. The number of nitrogens with one attached hydrogen (secondary N) is 1. The zero-order valence-electron chi connectivity index (χ0n) is 21.2.